The Morgan fingerprint density at radius 2 is 1.22 bits per heavy atom. The zero-order valence-corrected chi connectivity index (χ0v) is 6.88. The number of halogens is 2. The van der Waals surface area contributed by atoms with E-state index in [-0.39, 0.29) is 24.8 Å². The maximum atomic E-state index is 2.21. The minimum Gasteiger partial charge on any atom is -0.147 e. The van der Waals surface area contributed by atoms with Gasteiger partial charge in [0.1, 0.15) is 0 Å². The van der Waals surface area contributed by atoms with E-state index in [0.717, 1.165) is 0 Å². The summed E-state index contributed by atoms with van der Waals surface area (Å²) in [6.45, 7) is 0. The number of allylic oxidation sites excluding steroid dienone is 4. The van der Waals surface area contributed by atoms with Crippen LogP contribution in [0.5, 0.6) is 0 Å². The van der Waals surface area contributed by atoms with Crippen LogP contribution >= 0.6 is 24.8 Å². The summed E-state index contributed by atoms with van der Waals surface area (Å²) in [7, 11) is 0. The van der Waals surface area contributed by atoms with Gasteiger partial charge in [-0.05, 0) is 19.3 Å². The van der Waals surface area contributed by atoms with Crippen molar-refractivity contribution in [1.29, 1.82) is 0 Å². The topological polar surface area (TPSA) is 0 Å². The Morgan fingerprint density at radius 3 is 1.67 bits per heavy atom. The molecular formula is C7H12Cl2. The minimum atomic E-state index is 0. The Kier molecular flexibility index (Phi) is 10.6. The van der Waals surface area contributed by atoms with E-state index in [9.17, 15) is 0 Å². The molecular weight excluding hydrogens is 155 g/mol. The zero-order chi connectivity index (χ0) is 4.95. The highest BCUT2D eigenvalue weighted by Crippen LogP contribution is 2.01. The molecule has 0 aromatic carbocycles. The predicted molar refractivity (Wildman–Crippen MR) is 46.6 cm³/mol. The summed E-state index contributed by atoms with van der Waals surface area (Å²) in [5.41, 5.74) is 0. The van der Waals surface area contributed by atoms with Gasteiger partial charge >= 0.3 is 0 Å². The number of hydrogen-bond acceptors (Lipinski definition) is 0. The molecule has 9 heavy (non-hydrogen) atoms. The molecule has 0 amide bonds. The van der Waals surface area contributed by atoms with E-state index in [1.54, 1.807) is 0 Å². The quantitative estimate of drug-likeness (QED) is 0.519. The fourth-order valence-corrected chi connectivity index (χ4v) is 0.703. The zero-order valence-electron chi connectivity index (χ0n) is 5.25. The second-order valence-corrected chi connectivity index (χ2v) is 1.79. The molecule has 0 aromatic rings. The largest absolute Gasteiger partial charge is 0.147 e. The van der Waals surface area contributed by atoms with E-state index < -0.39 is 0 Å². The van der Waals surface area contributed by atoms with Crippen molar-refractivity contribution in [2.45, 2.75) is 19.3 Å². The third kappa shape index (κ3) is 5.94. The Bertz CT molecular complexity index is 83.1. The number of rotatable bonds is 0. The van der Waals surface area contributed by atoms with Crippen LogP contribution in [0.2, 0.25) is 0 Å². The summed E-state index contributed by atoms with van der Waals surface area (Å²) in [6.07, 6.45) is 12.5. The van der Waals surface area contributed by atoms with Crippen LogP contribution in [-0.2, 0) is 0 Å². The molecule has 0 bridgehead atoms. The van der Waals surface area contributed by atoms with Crippen molar-refractivity contribution in [3.05, 3.63) is 24.3 Å². The average molecular weight is 167 g/mol. The average Bonchev–Trinajstić information content (AvgIpc) is 1.90. The van der Waals surface area contributed by atoms with Crippen LogP contribution < -0.4 is 0 Å². The molecule has 2 heteroatoms. The molecule has 1 rings (SSSR count). The maximum absolute atomic E-state index is 2.21. The Labute approximate surface area is 68.9 Å². The van der Waals surface area contributed by atoms with Gasteiger partial charge in [-0.1, -0.05) is 24.3 Å². The first-order chi connectivity index (χ1) is 3.50. The Morgan fingerprint density at radius 1 is 0.778 bits per heavy atom. The highest BCUT2D eigenvalue weighted by atomic mass is 35.5. The molecule has 0 radical (unpaired) electrons. The molecule has 0 nitrogen and oxygen atoms in total. The van der Waals surface area contributed by atoms with Crippen LogP contribution in [0.4, 0.5) is 0 Å². The lowest BCUT2D eigenvalue weighted by Gasteiger charge is -1.81. The first kappa shape index (κ1) is 11.8. The van der Waals surface area contributed by atoms with Gasteiger partial charge in [-0.2, -0.15) is 0 Å². The first-order valence-electron chi connectivity index (χ1n) is 2.82. The van der Waals surface area contributed by atoms with Crippen LogP contribution in [-0.4, -0.2) is 0 Å². The molecule has 1 aliphatic rings. The summed E-state index contributed by atoms with van der Waals surface area (Å²) in [6, 6.07) is 0. The fourth-order valence-electron chi connectivity index (χ4n) is 0.703. The standard InChI is InChI=1S/C7H10.2ClH/c1-2-4-6-7-5-3-1;;/h1-4H,5-7H2;2*1H. The first-order valence-corrected chi connectivity index (χ1v) is 2.82. The molecule has 0 heterocycles. The lowest BCUT2D eigenvalue weighted by atomic mass is 10.2. The van der Waals surface area contributed by atoms with Crippen LogP contribution in [0, 0.1) is 0 Å². The van der Waals surface area contributed by atoms with Crippen molar-refractivity contribution in [1.82, 2.24) is 0 Å². The highest BCUT2D eigenvalue weighted by Gasteiger charge is 1.81. The van der Waals surface area contributed by atoms with Crippen molar-refractivity contribution in [3.8, 4) is 0 Å². The molecule has 0 N–H and O–H groups in total. The van der Waals surface area contributed by atoms with Gasteiger partial charge in [-0.3, -0.25) is 0 Å². The van der Waals surface area contributed by atoms with Crippen LogP contribution in [0.15, 0.2) is 24.3 Å². The van der Waals surface area contributed by atoms with Crippen molar-refractivity contribution in [2.75, 3.05) is 0 Å². The van der Waals surface area contributed by atoms with Crippen molar-refractivity contribution >= 4 is 24.8 Å². The van der Waals surface area contributed by atoms with Gasteiger partial charge in [0.05, 0.1) is 0 Å². The van der Waals surface area contributed by atoms with E-state index in [1.165, 1.54) is 19.3 Å². The number of hydrogen-bond donors (Lipinski definition) is 0. The van der Waals surface area contributed by atoms with Crippen molar-refractivity contribution in [3.63, 3.8) is 0 Å². The molecule has 0 fully saturated rings. The molecule has 54 valence electrons. The van der Waals surface area contributed by atoms with E-state index in [1.807, 2.05) is 0 Å². The SMILES string of the molecule is C1=CCCCC=C1.Cl.Cl. The fraction of sp³-hybridized carbons (Fsp3) is 0.429. The molecule has 0 atom stereocenters. The summed E-state index contributed by atoms with van der Waals surface area (Å²) in [5, 5.41) is 0. The van der Waals surface area contributed by atoms with Gasteiger partial charge in [0, 0.05) is 0 Å². The van der Waals surface area contributed by atoms with Crippen molar-refractivity contribution < 1.29 is 0 Å². The van der Waals surface area contributed by atoms with Gasteiger partial charge in [0.15, 0.2) is 0 Å². The van der Waals surface area contributed by atoms with Crippen LogP contribution in [0.1, 0.15) is 19.3 Å². The molecule has 0 spiro atoms. The summed E-state index contributed by atoms with van der Waals surface area (Å²) in [5.74, 6) is 0. The minimum absolute atomic E-state index is 0. The lowest BCUT2D eigenvalue weighted by Crippen LogP contribution is -1.62. The lowest BCUT2D eigenvalue weighted by molar-refractivity contribution is 0.876. The molecule has 0 aromatic heterocycles. The second-order valence-electron chi connectivity index (χ2n) is 1.79. The van der Waals surface area contributed by atoms with Gasteiger partial charge in [0.2, 0.25) is 0 Å². The van der Waals surface area contributed by atoms with E-state index in [2.05, 4.69) is 24.3 Å². The van der Waals surface area contributed by atoms with Crippen molar-refractivity contribution in [2.24, 2.45) is 0 Å². The van der Waals surface area contributed by atoms with Gasteiger partial charge in [-0.15, -0.1) is 24.8 Å². The predicted octanol–water partition coefficient (Wildman–Crippen LogP) is 3.13. The van der Waals surface area contributed by atoms with Gasteiger partial charge in [0.25, 0.3) is 0 Å². The maximum Gasteiger partial charge on any atom is -0.0345 e. The van der Waals surface area contributed by atoms with E-state index >= 15 is 0 Å². The second kappa shape index (κ2) is 8.06. The smallest absolute Gasteiger partial charge is 0.0345 e. The summed E-state index contributed by atoms with van der Waals surface area (Å²) in [4.78, 5) is 0. The van der Waals surface area contributed by atoms with Gasteiger partial charge in [-0.25, -0.2) is 0 Å². The van der Waals surface area contributed by atoms with Crippen LogP contribution in [0.3, 0.4) is 0 Å². The summed E-state index contributed by atoms with van der Waals surface area (Å²) >= 11 is 0. The monoisotopic (exact) mass is 166 g/mol. The third-order valence-corrected chi connectivity index (χ3v) is 1.12. The van der Waals surface area contributed by atoms with E-state index in [4.69, 9.17) is 0 Å². The normalized spacial score (nSPS) is 15.1. The Balaban J connectivity index is 0. The van der Waals surface area contributed by atoms with Gasteiger partial charge < -0.3 is 0 Å². The highest BCUT2D eigenvalue weighted by molar-refractivity contribution is 5.85. The van der Waals surface area contributed by atoms with Crippen LogP contribution in [0.25, 0.3) is 0 Å². The molecule has 0 unspecified atom stereocenters. The Hall–Kier alpha value is 0.0600. The third-order valence-electron chi connectivity index (χ3n) is 1.12. The molecule has 0 saturated heterocycles. The summed E-state index contributed by atoms with van der Waals surface area (Å²) < 4.78 is 0. The molecule has 1 aliphatic carbocycles. The molecule has 0 saturated carbocycles. The van der Waals surface area contributed by atoms with E-state index in [0.29, 0.717) is 0 Å². The molecule has 0 aliphatic heterocycles.